The Labute approximate surface area is 168 Å². The van der Waals surface area contributed by atoms with Crippen molar-refractivity contribution < 1.29 is 27.8 Å². The van der Waals surface area contributed by atoms with Crippen LogP contribution in [0.3, 0.4) is 0 Å². The van der Waals surface area contributed by atoms with Gasteiger partial charge in [-0.05, 0) is 37.8 Å². The molecule has 9 heteroatoms. The first-order chi connectivity index (χ1) is 13.8. The molecule has 1 N–H and O–H groups in total. The molecule has 3 heterocycles. The lowest BCUT2D eigenvalue weighted by atomic mass is 9.89. The quantitative estimate of drug-likeness (QED) is 0.773. The average molecular weight is 415 g/mol. The maximum absolute atomic E-state index is 12.9. The molecule has 0 radical (unpaired) electrons. The van der Waals surface area contributed by atoms with Gasteiger partial charge >= 0.3 is 6.18 Å². The number of carbonyl (C=O) groups excluding carboxylic acids is 1. The minimum atomic E-state index is -4.19. The third-order valence-corrected chi connectivity index (χ3v) is 5.65. The van der Waals surface area contributed by atoms with E-state index in [1.54, 1.807) is 16.0 Å². The van der Waals surface area contributed by atoms with Crippen LogP contribution in [-0.4, -0.2) is 76.4 Å². The second kappa shape index (κ2) is 9.40. The van der Waals surface area contributed by atoms with Gasteiger partial charge in [0, 0.05) is 38.9 Å². The van der Waals surface area contributed by atoms with Crippen molar-refractivity contribution in [1.82, 2.24) is 14.8 Å². The number of piperidine rings is 2. The minimum Gasteiger partial charge on any atom is -0.380 e. The number of halogens is 3. The van der Waals surface area contributed by atoms with Crippen molar-refractivity contribution in [3.05, 3.63) is 30.1 Å². The Morgan fingerprint density at radius 2 is 2.03 bits per heavy atom. The van der Waals surface area contributed by atoms with E-state index in [1.807, 2.05) is 18.2 Å². The molecular formula is C20H28F3N3O3. The van der Waals surface area contributed by atoms with Crippen molar-refractivity contribution in [2.75, 3.05) is 32.7 Å². The topological polar surface area (TPSA) is 65.9 Å². The summed E-state index contributed by atoms with van der Waals surface area (Å²) in [5.74, 6) is -0.334. The highest BCUT2D eigenvalue weighted by molar-refractivity contribution is 5.85. The summed E-state index contributed by atoms with van der Waals surface area (Å²) in [5, 5.41) is 10.8. The number of rotatable bonds is 6. The molecule has 0 aliphatic carbocycles. The van der Waals surface area contributed by atoms with Crippen molar-refractivity contribution >= 4 is 5.91 Å². The van der Waals surface area contributed by atoms with Gasteiger partial charge in [-0.2, -0.15) is 13.2 Å². The third kappa shape index (κ3) is 6.38. The first kappa shape index (κ1) is 22.0. The second-order valence-corrected chi connectivity index (χ2v) is 7.89. The molecular weight excluding hydrogens is 387 g/mol. The number of hydrogen-bond acceptors (Lipinski definition) is 5. The molecule has 2 fully saturated rings. The van der Waals surface area contributed by atoms with E-state index < -0.39 is 18.2 Å². The monoisotopic (exact) mass is 415 g/mol. The molecule has 0 spiro atoms. The molecule has 1 atom stereocenters. The smallest absolute Gasteiger partial charge is 0.380 e. The Morgan fingerprint density at radius 3 is 2.69 bits per heavy atom. The number of aromatic nitrogens is 1. The minimum absolute atomic E-state index is 0.0963. The molecule has 2 aliphatic rings. The fraction of sp³-hybridized carbons (Fsp3) is 0.700. The molecule has 0 bridgehead atoms. The summed E-state index contributed by atoms with van der Waals surface area (Å²) >= 11 is 0. The normalized spacial score (nSPS) is 23.2. The predicted molar refractivity (Wildman–Crippen MR) is 99.9 cm³/mol. The standard InChI is InChI=1S/C20H28F3N3O3/c21-20(22,23)8-13-25-11-6-19(28,7-12-25)18(27)26-10-3-5-17(14-26)29-15-16-4-1-2-9-24-16/h1-2,4,9,17,28H,3,5-8,10-15H2. The number of pyridine rings is 1. The highest BCUT2D eigenvalue weighted by Gasteiger charge is 2.43. The molecule has 1 unspecified atom stereocenters. The van der Waals surface area contributed by atoms with Crippen LogP contribution >= 0.6 is 0 Å². The Balaban J connectivity index is 1.47. The van der Waals surface area contributed by atoms with Gasteiger partial charge in [0.2, 0.25) is 0 Å². The summed E-state index contributed by atoms with van der Waals surface area (Å²) in [4.78, 5) is 20.4. The van der Waals surface area contributed by atoms with Gasteiger partial charge in [-0.3, -0.25) is 9.78 Å². The van der Waals surface area contributed by atoms with E-state index >= 15 is 0 Å². The van der Waals surface area contributed by atoms with Gasteiger partial charge < -0.3 is 19.6 Å². The van der Waals surface area contributed by atoms with Gasteiger partial charge in [-0.25, -0.2) is 0 Å². The number of alkyl halides is 3. The lowest BCUT2D eigenvalue weighted by Gasteiger charge is -2.42. The highest BCUT2D eigenvalue weighted by Crippen LogP contribution is 2.28. The van der Waals surface area contributed by atoms with Gasteiger partial charge in [-0.1, -0.05) is 6.07 Å². The first-order valence-electron chi connectivity index (χ1n) is 10.1. The zero-order chi connectivity index (χ0) is 20.9. The molecule has 1 aromatic rings. The summed E-state index contributed by atoms with van der Waals surface area (Å²) in [6, 6.07) is 5.60. The zero-order valence-electron chi connectivity index (χ0n) is 16.4. The van der Waals surface area contributed by atoms with Gasteiger partial charge in [0.1, 0.15) is 5.60 Å². The lowest BCUT2D eigenvalue weighted by molar-refractivity contribution is -0.162. The Bertz CT molecular complexity index is 664. The van der Waals surface area contributed by atoms with Crippen LogP contribution in [0.4, 0.5) is 13.2 Å². The molecule has 162 valence electrons. The van der Waals surface area contributed by atoms with E-state index in [0.717, 1.165) is 18.5 Å². The van der Waals surface area contributed by atoms with Crippen LogP contribution in [0.15, 0.2) is 24.4 Å². The van der Waals surface area contributed by atoms with Gasteiger partial charge in [0.05, 0.1) is 24.8 Å². The number of amides is 1. The van der Waals surface area contributed by atoms with Gasteiger partial charge in [-0.15, -0.1) is 0 Å². The lowest BCUT2D eigenvalue weighted by Crippen LogP contribution is -2.57. The number of hydrogen-bond donors (Lipinski definition) is 1. The Hall–Kier alpha value is -1.71. The fourth-order valence-electron chi connectivity index (χ4n) is 3.89. The molecule has 0 aromatic carbocycles. The number of aliphatic hydroxyl groups is 1. The molecule has 3 rings (SSSR count). The molecule has 29 heavy (non-hydrogen) atoms. The SMILES string of the molecule is O=C(N1CCCC(OCc2ccccn2)C1)C1(O)CCN(CCC(F)(F)F)CC1. The van der Waals surface area contributed by atoms with Gasteiger partial charge in [0.25, 0.3) is 5.91 Å². The van der Waals surface area contributed by atoms with Crippen LogP contribution in [-0.2, 0) is 16.1 Å². The van der Waals surface area contributed by atoms with E-state index in [9.17, 15) is 23.1 Å². The Kier molecular flexibility index (Phi) is 7.13. The fourth-order valence-corrected chi connectivity index (χ4v) is 3.89. The molecule has 1 amide bonds. The third-order valence-electron chi connectivity index (χ3n) is 5.65. The van der Waals surface area contributed by atoms with E-state index in [4.69, 9.17) is 4.74 Å². The summed E-state index contributed by atoms with van der Waals surface area (Å²) in [5.41, 5.74) is -0.682. The molecule has 2 aliphatic heterocycles. The summed E-state index contributed by atoms with van der Waals surface area (Å²) in [6.07, 6.45) is -1.56. The number of carbonyl (C=O) groups is 1. The number of ether oxygens (including phenoxy) is 1. The van der Waals surface area contributed by atoms with Crippen molar-refractivity contribution in [2.45, 2.75) is 56.6 Å². The van der Waals surface area contributed by atoms with Crippen molar-refractivity contribution in [3.8, 4) is 0 Å². The van der Waals surface area contributed by atoms with Crippen LogP contribution in [0.2, 0.25) is 0 Å². The summed E-state index contributed by atoms with van der Waals surface area (Å²) in [6.45, 7) is 1.80. The van der Waals surface area contributed by atoms with Crippen LogP contribution in [0.25, 0.3) is 0 Å². The zero-order valence-corrected chi connectivity index (χ0v) is 16.4. The maximum Gasteiger partial charge on any atom is 0.390 e. The predicted octanol–water partition coefficient (Wildman–Crippen LogP) is 2.37. The molecule has 6 nitrogen and oxygen atoms in total. The van der Waals surface area contributed by atoms with Crippen molar-refractivity contribution in [1.29, 1.82) is 0 Å². The Morgan fingerprint density at radius 1 is 1.28 bits per heavy atom. The van der Waals surface area contributed by atoms with E-state index in [2.05, 4.69) is 4.98 Å². The van der Waals surface area contributed by atoms with Crippen LogP contribution in [0.1, 0.15) is 37.8 Å². The largest absolute Gasteiger partial charge is 0.390 e. The number of nitrogens with zero attached hydrogens (tertiary/aromatic N) is 3. The van der Waals surface area contributed by atoms with Crippen molar-refractivity contribution in [2.24, 2.45) is 0 Å². The maximum atomic E-state index is 12.9. The van der Waals surface area contributed by atoms with Crippen LogP contribution in [0.5, 0.6) is 0 Å². The van der Waals surface area contributed by atoms with E-state index in [-0.39, 0.29) is 44.5 Å². The van der Waals surface area contributed by atoms with Crippen LogP contribution < -0.4 is 0 Å². The van der Waals surface area contributed by atoms with Crippen LogP contribution in [0, 0.1) is 0 Å². The van der Waals surface area contributed by atoms with Crippen molar-refractivity contribution in [3.63, 3.8) is 0 Å². The summed E-state index contributed by atoms with van der Waals surface area (Å²) in [7, 11) is 0. The highest BCUT2D eigenvalue weighted by atomic mass is 19.4. The van der Waals surface area contributed by atoms with E-state index in [0.29, 0.717) is 19.7 Å². The first-order valence-corrected chi connectivity index (χ1v) is 10.1. The van der Waals surface area contributed by atoms with E-state index in [1.165, 1.54) is 0 Å². The summed E-state index contributed by atoms with van der Waals surface area (Å²) < 4.78 is 43.1. The average Bonchev–Trinajstić information content (AvgIpc) is 2.72. The molecule has 2 saturated heterocycles. The second-order valence-electron chi connectivity index (χ2n) is 7.89. The number of likely N-dealkylation sites (tertiary alicyclic amines) is 2. The molecule has 1 aromatic heterocycles. The molecule has 0 saturated carbocycles. The van der Waals surface area contributed by atoms with Gasteiger partial charge in [0.15, 0.2) is 0 Å².